The highest BCUT2D eigenvalue weighted by molar-refractivity contribution is 7.93. The maximum atomic E-state index is 11.8. The molecule has 1 aromatic carbocycles. The maximum absolute atomic E-state index is 11.8. The van der Waals surface area contributed by atoms with Gasteiger partial charge in [0, 0.05) is 5.02 Å². The van der Waals surface area contributed by atoms with Crippen LogP contribution in [-0.2, 0) is 10.0 Å². The molecule has 0 aliphatic carbocycles. The van der Waals surface area contributed by atoms with Crippen LogP contribution < -0.4 is 4.72 Å². The highest BCUT2D eigenvalue weighted by Crippen LogP contribution is 2.22. The van der Waals surface area contributed by atoms with Crippen molar-refractivity contribution in [1.29, 1.82) is 5.26 Å². The molecule has 0 fully saturated rings. The average Bonchev–Trinajstić information content (AvgIpc) is 2.24. The maximum Gasteiger partial charge on any atom is 0.249 e. The van der Waals surface area contributed by atoms with Crippen molar-refractivity contribution in [3.8, 4) is 6.07 Å². The fraction of sp³-hybridized carbons (Fsp3) is 0.364. The van der Waals surface area contributed by atoms with E-state index in [9.17, 15) is 8.42 Å². The number of hydrogen-bond acceptors (Lipinski definition) is 3. The van der Waals surface area contributed by atoms with Gasteiger partial charge in [0.15, 0.2) is 5.25 Å². The summed E-state index contributed by atoms with van der Waals surface area (Å²) in [4.78, 5) is 0. The Morgan fingerprint density at radius 1 is 1.53 bits per heavy atom. The van der Waals surface area contributed by atoms with Gasteiger partial charge in [-0.15, -0.1) is 0 Å². The third-order valence-corrected chi connectivity index (χ3v) is 4.27. The van der Waals surface area contributed by atoms with Gasteiger partial charge >= 0.3 is 0 Å². The summed E-state index contributed by atoms with van der Waals surface area (Å²) in [6, 6.07) is 6.68. The second kappa shape index (κ2) is 5.39. The van der Waals surface area contributed by atoms with Crippen molar-refractivity contribution < 1.29 is 8.42 Å². The third-order valence-electron chi connectivity index (χ3n) is 2.34. The van der Waals surface area contributed by atoms with E-state index in [1.54, 1.807) is 32.0 Å². The number of sulfonamides is 1. The van der Waals surface area contributed by atoms with Crippen molar-refractivity contribution in [2.45, 2.75) is 25.5 Å². The third kappa shape index (κ3) is 3.35. The van der Waals surface area contributed by atoms with Crippen LogP contribution in [0.5, 0.6) is 0 Å². The van der Waals surface area contributed by atoms with E-state index in [2.05, 4.69) is 4.72 Å². The normalized spacial score (nSPS) is 12.8. The molecule has 0 aromatic heterocycles. The number of aryl methyl sites for hydroxylation is 1. The van der Waals surface area contributed by atoms with Crippen LogP contribution in [0.2, 0.25) is 5.02 Å². The van der Waals surface area contributed by atoms with Crippen LogP contribution in [0.3, 0.4) is 0 Å². The van der Waals surface area contributed by atoms with E-state index in [0.717, 1.165) is 5.56 Å². The van der Waals surface area contributed by atoms with Crippen molar-refractivity contribution >= 4 is 27.3 Å². The van der Waals surface area contributed by atoms with Gasteiger partial charge in [-0.05, 0) is 31.0 Å². The van der Waals surface area contributed by atoms with Crippen molar-refractivity contribution in [2.24, 2.45) is 0 Å². The minimum atomic E-state index is -3.68. The first kappa shape index (κ1) is 13.8. The van der Waals surface area contributed by atoms with E-state index in [1.807, 2.05) is 0 Å². The van der Waals surface area contributed by atoms with Gasteiger partial charge in [0.25, 0.3) is 0 Å². The molecule has 0 aliphatic heterocycles. The first-order valence-corrected chi connectivity index (χ1v) is 7.00. The Kier molecular flexibility index (Phi) is 4.38. The molecule has 92 valence electrons. The number of halogens is 1. The molecule has 0 heterocycles. The second-order valence-electron chi connectivity index (χ2n) is 3.63. The minimum absolute atomic E-state index is 0.242. The number of rotatable bonds is 4. The second-order valence-corrected chi connectivity index (χ2v) is 5.93. The Morgan fingerprint density at radius 2 is 2.18 bits per heavy atom. The van der Waals surface area contributed by atoms with E-state index in [-0.39, 0.29) is 6.42 Å². The van der Waals surface area contributed by atoms with Gasteiger partial charge < -0.3 is 0 Å². The topological polar surface area (TPSA) is 70.0 Å². The zero-order chi connectivity index (χ0) is 13.1. The molecule has 1 unspecified atom stereocenters. The molecule has 4 nitrogen and oxygen atoms in total. The zero-order valence-corrected chi connectivity index (χ0v) is 11.1. The molecule has 0 spiro atoms. The van der Waals surface area contributed by atoms with Gasteiger partial charge in [0.1, 0.15) is 0 Å². The summed E-state index contributed by atoms with van der Waals surface area (Å²) >= 11 is 5.79. The van der Waals surface area contributed by atoms with Crippen LogP contribution in [0.1, 0.15) is 18.9 Å². The fourth-order valence-corrected chi connectivity index (χ4v) is 2.73. The van der Waals surface area contributed by atoms with Crippen LogP contribution in [0.25, 0.3) is 0 Å². The van der Waals surface area contributed by atoms with Crippen LogP contribution in [0.15, 0.2) is 18.2 Å². The van der Waals surface area contributed by atoms with E-state index >= 15 is 0 Å². The zero-order valence-electron chi connectivity index (χ0n) is 9.57. The average molecular weight is 273 g/mol. The summed E-state index contributed by atoms with van der Waals surface area (Å²) < 4.78 is 26.1. The Hall–Kier alpha value is -1.25. The number of anilines is 1. The lowest BCUT2D eigenvalue weighted by molar-refractivity contribution is 0.593. The summed E-state index contributed by atoms with van der Waals surface area (Å²) in [5.41, 5.74) is 1.16. The molecule has 1 aromatic rings. The summed E-state index contributed by atoms with van der Waals surface area (Å²) in [6.45, 7) is 3.42. The van der Waals surface area contributed by atoms with Crippen molar-refractivity contribution in [2.75, 3.05) is 4.72 Å². The van der Waals surface area contributed by atoms with Crippen molar-refractivity contribution in [1.82, 2.24) is 0 Å². The lowest BCUT2D eigenvalue weighted by Gasteiger charge is -2.13. The highest BCUT2D eigenvalue weighted by Gasteiger charge is 2.23. The van der Waals surface area contributed by atoms with E-state index in [4.69, 9.17) is 16.9 Å². The first-order valence-electron chi connectivity index (χ1n) is 5.08. The minimum Gasteiger partial charge on any atom is -0.282 e. The predicted molar refractivity (Wildman–Crippen MR) is 68.4 cm³/mol. The standard InChI is InChI=1S/C11H13ClN2O2S/c1-3-10(7-13)17(15,16)14-11-6-9(12)5-4-8(11)2/h4-6,10,14H,3H2,1-2H3. The molecule has 6 heteroatoms. The van der Waals surface area contributed by atoms with E-state index in [0.29, 0.717) is 10.7 Å². The van der Waals surface area contributed by atoms with Crippen LogP contribution in [0.4, 0.5) is 5.69 Å². The van der Waals surface area contributed by atoms with Crippen LogP contribution in [-0.4, -0.2) is 13.7 Å². The molecular formula is C11H13ClN2O2S. The monoisotopic (exact) mass is 272 g/mol. The molecule has 1 rings (SSSR count). The Balaban J connectivity index is 3.06. The van der Waals surface area contributed by atoms with Gasteiger partial charge in [0.05, 0.1) is 11.8 Å². The number of nitrogens with one attached hydrogen (secondary N) is 1. The van der Waals surface area contributed by atoms with Crippen molar-refractivity contribution in [3.05, 3.63) is 28.8 Å². The molecule has 0 saturated carbocycles. The molecule has 1 atom stereocenters. The Bertz CT molecular complexity index is 549. The largest absolute Gasteiger partial charge is 0.282 e. The number of hydrogen-bond donors (Lipinski definition) is 1. The smallest absolute Gasteiger partial charge is 0.249 e. The molecule has 1 N–H and O–H groups in total. The SMILES string of the molecule is CCC(C#N)S(=O)(=O)Nc1cc(Cl)ccc1C. The Labute approximate surface area is 106 Å². The number of nitriles is 1. The molecule has 0 amide bonds. The summed E-state index contributed by atoms with van der Waals surface area (Å²) in [5.74, 6) is 0. The van der Waals surface area contributed by atoms with E-state index < -0.39 is 15.3 Å². The molecule has 17 heavy (non-hydrogen) atoms. The van der Waals surface area contributed by atoms with E-state index in [1.165, 1.54) is 6.07 Å². The lowest BCUT2D eigenvalue weighted by atomic mass is 10.2. The van der Waals surface area contributed by atoms with Crippen LogP contribution in [0, 0.1) is 18.3 Å². The number of nitrogens with zero attached hydrogens (tertiary/aromatic N) is 1. The molecule has 0 bridgehead atoms. The number of benzene rings is 1. The molecule has 0 aliphatic rings. The first-order chi connectivity index (χ1) is 7.90. The Morgan fingerprint density at radius 3 is 2.71 bits per heavy atom. The van der Waals surface area contributed by atoms with Gasteiger partial charge in [0.2, 0.25) is 10.0 Å². The molecule has 0 saturated heterocycles. The van der Waals surface area contributed by atoms with Gasteiger partial charge in [-0.2, -0.15) is 5.26 Å². The van der Waals surface area contributed by atoms with Crippen LogP contribution >= 0.6 is 11.6 Å². The molecule has 0 radical (unpaired) electrons. The summed E-state index contributed by atoms with van der Waals surface area (Å²) in [7, 11) is -3.68. The summed E-state index contributed by atoms with van der Waals surface area (Å²) in [5, 5.41) is 8.16. The summed E-state index contributed by atoms with van der Waals surface area (Å²) in [6.07, 6.45) is 0.242. The van der Waals surface area contributed by atoms with Crippen molar-refractivity contribution in [3.63, 3.8) is 0 Å². The van der Waals surface area contributed by atoms with Gasteiger partial charge in [-0.3, -0.25) is 4.72 Å². The predicted octanol–water partition coefficient (Wildman–Crippen LogP) is 2.69. The van der Waals surface area contributed by atoms with Gasteiger partial charge in [-0.25, -0.2) is 8.42 Å². The fourth-order valence-electron chi connectivity index (χ4n) is 1.31. The lowest BCUT2D eigenvalue weighted by Crippen LogP contribution is -2.26. The molecular weight excluding hydrogens is 260 g/mol. The quantitative estimate of drug-likeness (QED) is 0.916. The highest BCUT2D eigenvalue weighted by atomic mass is 35.5. The van der Waals surface area contributed by atoms with Gasteiger partial charge in [-0.1, -0.05) is 24.6 Å².